The minimum absolute atomic E-state index is 0.000659. The lowest BCUT2D eigenvalue weighted by Crippen LogP contribution is -2.54. The van der Waals surface area contributed by atoms with E-state index in [1.54, 1.807) is 0 Å². The molecular formula is C26H33N5O10. The van der Waals surface area contributed by atoms with Crippen molar-refractivity contribution in [3.63, 3.8) is 0 Å². The molecule has 4 amide bonds. The summed E-state index contributed by atoms with van der Waals surface area (Å²) in [5.74, 6) is -2.62. The second kappa shape index (κ2) is 17.0. The van der Waals surface area contributed by atoms with Gasteiger partial charge in [-0.15, -0.1) is 0 Å². The molecule has 2 heterocycles. The number of carbonyl (C=O) groups is 5. The zero-order valence-electron chi connectivity index (χ0n) is 22.6. The molecule has 0 spiro atoms. The summed E-state index contributed by atoms with van der Waals surface area (Å²) in [5.41, 5.74) is 8.22. The highest BCUT2D eigenvalue weighted by Crippen LogP contribution is 2.33. The van der Waals surface area contributed by atoms with E-state index >= 15 is 0 Å². The molecule has 2 aliphatic rings. The second-order valence-electron chi connectivity index (χ2n) is 8.96. The van der Waals surface area contributed by atoms with Crippen molar-refractivity contribution in [1.29, 1.82) is 0 Å². The maximum absolute atomic E-state index is 13.1. The summed E-state index contributed by atoms with van der Waals surface area (Å²) in [6.07, 6.45) is 0.738. The lowest BCUT2D eigenvalue weighted by molar-refractivity contribution is -0.136. The fourth-order valence-electron chi connectivity index (χ4n) is 4.12. The Kier molecular flexibility index (Phi) is 13.2. The molecule has 15 heteroatoms. The fourth-order valence-corrected chi connectivity index (χ4v) is 4.12. The summed E-state index contributed by atoms with van der Waals surface area (Å²) in [6, 6.07) is 3.39. The molecule has 3 rings (SSSR count). The number of Topliss-reactive ketones (excluding diaryl/α,β-unsaturated/α-hetero) is 1. The minimum Gasteiger partial charge on any atom is -0.485 e. The molecule has 1 aromatic carbocycles. The third-order valence-electron chi connectivity index (χ3n) is 6.08. The molecule has 1 atom stereocenters. The van der Waals surface area contributed by atoms with Gasteiger partial charge in [0.05, 0.1) is 57.4 Å². The van der Waals surface area contributed by atoms with Crippen molar-refractivity contribution < 1.29 is 47.7 Å². The van der Waals surface area contributed by atoms with Crippen molar-refractivity contribution in [2.45, 2.75) is 31.7 Å². The van der Waals surface area contributed by atoms with Crippen LogP contribution in [0.3, 0.4) is 0 Å². The SMILES string of the molecule is [N-]=[N+]=NCCOCCOCCOCCOCCCC(=O)COc1cccc2c1C(=O)N(C1CCC(=O)NC1=O)C2=O. The Hall–Kier alpha value is -3.88. The van der Waals surface area contributed by atoms with Crippen LogP contribution in [0.2, 0.25) is 0 Å². The zero-order valence-corrected chi connectivity index (χ0v) is 22.6. The first-order valence-electron chi connectivity index (χ1n) is 13.2. The number of piperidine rings is 1. The van der Waals surface area contributed by atoms with E-state index in [2.05, 4.69) is 15.3 Å². The second-order valence-corrected chi connectivity index (χ2v) is 8.96. The number of carbonyl (C=O) groups excluding carboxylic acids is 5. The fraction of sp³-hybridized carbons (Fsp3) is 0.577. The molecule has 0 radical (unpaired) electrons. The van der Waals surface area contributed by atoms with E-state index in [0.29, 0.717) is 59.3 Å². The molecule has 1 aromatic rings. The smallest absolute Gasteiger partial charge is 0.266 e. The van der Waals surface area contributed by atoms with Gasteiger partial charge < -0.3 is 23.7 Å². The summed E-state index contributed by atoms with van der Waals surface area (Å²) in [7, 11) is 0. The number of nitrogens with zero attached hydrogens (tertiary/aromatic N) is 4. The minimum atomic E-state index is -1.08. The first-order valence-corrected chi connectivity index (χ1v) is 13.2. The van der Waals surface area contributed by atoms with Gasteiger partial charge in [0, 0.05) is 30.9 Å². The number of benzene rings is 1. The van der Waals surface area contributed by atoms with Crippen LogP contribution in [-0.2, 0) is 33.3 Å². The average molecular weight is 576 g/mol. The summed E-state index contributed by atoms with van der Waals surface area (Å²) in [5, 5.41) is 5.50. The molecule has 1 fully saturated rings. The molecule has 41 heavy (non-hydrogen) atoms. The quantitative estimate of drug-likeness (QED) is 0.0775. The molecule has 0 saturated carbocycles. The van der Waals surface area contributed by atoms with E-state index in [1.807, 2.05) is 0 Å². The predicted octanol–water partition coefficient (Wildman–Crippen LogP) is 1.19. The Bertz CT molecular complexity index is 1150. The molecule has 0 aromatic heterocycles. The number of imide groups is 2. The normalized spacial score (nSPS) is 16.4. The summed E-state index contributed by atoms with van der Waals surface area (Å²) in [6.45, 7) is 3.08. The van der Waals surface area contributed by atoms with Crippen molar-refractivity contribution in [1.82, 2.24) is 10.2 Å². The molecule has 15 nitrogen and oxygen atoms in total. The van der Waals surface area contributed by atoms with Crippen LogP contribution in [0.1, 0.15) is 46.4 Å². The van der Waals surface area contributed by atoms with E-state index < -0.39 is 29.7 Å². The number of ether oxygens (including phenoxy) is 5. The molecule has 1 unspecified atom stereocenters. The van der Waals surface area contributed by atoms with Crippen LogP contribution in [0.25, 0.3) is 10.4 Å². The highest BCUT2D eigenvalue weighted by Gasteiger charge is 2.46. The largest absolute Gasteiger partial charge is 0.485 e. The van der Waals surface area contributed by atoms with Crippen molar-refractivity contribution in [2.75, 3.05) is 66.0 Å². The van der Waals surface area contributed by atoms with Crippen LogP contribution < -0.4 is 10.1 Å². The molecule has 0 bridgehead atoms. The molecule has 1 N–H and O–H groups in total. The highest BCUT2D eigenvalue weighted by atomic mass is 16.6. The number of hydrogen-bond donors (Lipinski definition) is 1. The van der Waals surface area contributed by atoms with Gasteiger partial charge >= 0.3 is 0 Å². The average Bonchev–Trinajstić information content (AvgIpc) is 3.21. The van der Waals surface area contributed by atoms with Gasteiger partial charge in [-0.05, 0) is 30.5 Å². The molecule has 222 valence electrons. The number of rotatable bonds is 20. The molecular weight excluding hydrogens is 542 g/mol. The predicted molar refractivity (Wildman–Crippen MR) is 140 cm³/mol. The van der Waals surface area contributed by atoms with Gasteiger partial charge in [-0.2, -0.15) is 0 Å². The first kappa shape index (κ1) is 31.6. The summed E-state index contributed by atoms with van der Waals surface area (Å²) in [4.78, 5) is 65.4. The highest BCUT2D eigenvalue weighted by molar-refractivity contribution is 6.24. The number of azide groups is 1. The summed E-state index contributed by atoms with van der Waals surface area (Å²) >= 11 is 0. The van der Waals surface area contributed by atoms with Crippen molar-refractivity contribution in [2.24, 2.45) is 5.11 Å². The Morgan fingerprint density at radius 2 is 1.61 bits per heavy atom. The van der Waals surface area contributed by atoms with E-state index in [9.17, 15) is 24.0 Å². The number of fused-ring (bicyclic) bond motifs is 1. The number of hydrogen-bond acceptors (Lipinski definition) is 11. The standard InChI is InChI=1S/C26H33N5O10/c27-30-28-8-10-38-12-14-40-16-15-39-13-11-37-9-2-3-18(32)17-41-21-5-1-4-19-23(21)26(36)31(25(19)35)20-6-7-22(33)29-24(20)34/h1,4-5,20H,2-3,6-17H2,(H,29,33,34). The van der Waals surface area contributed by atoms with Crippen LogP contribution in [0.4, 0.5) is 0 Å². The number of nitrogens with one attached hydrogen (secondary N) is 1. The van der Waals surface area contributed by atoms with Crippen LogP contribution >= 0.6 is 0 Å². The topological polar surface area (TPSA) is 196 Å². The van der Waals surface area contributed by atoms with Gasteiger partial charge in [0.2, 0.25) is 11.8 Å². The van der Waals surface area contributed by atoms with E-state index in [0.717, 1.165) is 4.90 Å². The van der Waals surface area contributed by atoms with Crippen LogP contribution in [0.15, 0.2) is 23.3 Å². The maximum Gasteiger partial charge on any atom is 0.266 e. The van der Waals surface area contributed by atoms with Gasteiger partial charge in [0.1, 0.15) is 18.4 Å². The lowest BCUT2D eigenvalue weighted by atomic mass is 10.0. The third kappa shape index (κ3) is 9.62. The first-order chi connectivity index (χ1) is 19.9. The number of amides is 4. The lowest BCUT2D eigenvalue weighted by Gasteiger charge is -2.27. The van der Waals surface area contributed by atoms with Crippen molar-refractivity contribution in [3.05, 3.63) is 39.8 Å². The van der Waals surface area contributed by atoms with Gasteiger partial charge in [0.15, 0.2) is 5.78 Å². The Morgan fingerprint density at radius 3 is 2.27 bits per heavy atom. The van der Waals surface area contributed by atoms with Crippen LogP contribution in [0, 0.1) is 0 Å². The molecule has 1 saturated heterocycles. The number of ketones is 1. The Morgan fingerprint density at radius 1 is 0.951 bits per heavy atom. The summed E-state index contributed by atoms with van der Waals surface area (Å²) < 4.78 is 27.0. The van der Waals surface area contributed by atoms with Gasteiger partial charge in [-0.1, -0.05) is 11.2 Å². The van der Waals surface area contributed by atoms with E-state index in [1.165, 1.54) is 18.2 Å². The van der Waals surface area contributed by atoms with Gasteiger partial charge in [-0.3, -0.25) is 34.2 Å². The molecule has 0 aliphatic carbocycles. The Balaban J connectivity index is 1.27. The van der Waals surface area contributed by atoms with Crippen LogP contribution in [0.5, 0.6) is 5.75 Å². The third-order valence-corrected chi connectivity index (χ3v) is 6.08. The van der Waals surface area contributed by atoms with Crippen molar-refractivity contribution >= 4 is 29.4 Å². The van der Waals surface area contributed by atoms with Gasteiger partial charge in [0.25, 0.3) is 11.8 Å². The molecule has 2 aliphatic heterocycles. The van der Waals surface area contributed by atoms with Crippen molar-refractivity contribution in [3.8, 4) is 5.75 Å². The van der Waals surface area contributed by atoms with E-state index in [4.69, 9.17) is 29.2 Å². The van der Waals surface area contributed by atoms with Crippen LogP contribution in [-0.4, -0.2) is 106 Å². The zero-order chi connectivity index (χ0) is 29.5. The monoisotopic (exact) mass is 575 g/mol. The maximum atomic E-state index is 13.1. The van der Waals surface area contributed by atoms with E-state index in [-0.39, 0.29) is 55.1 Å². The Labute approximate surface area is 236 Å². The van der Waals surface area contributed by atoms with Gasteiger partial charge in [-0.25, -0.2) is 0 Å².